The van der Waals surface area contributed by atoms with Crippen molar-refractivity contribution in [2.75, 3.05) is 0 Å². The molecule has 10 heteroatoms. The molecule has 0 saturated heterocycles. The van der Waals surface area contributed by atoms with Crippen molar-refractivity contribution < 1.29 is 50.1 Å². The summed E-state index contributed by atoms with van der Waals surface area (Å²) in [6.07, 6.45) is 1.79. The van der Waals surface area contributed by atoms with Crippen molar-refractivity contribution in [3.8, 4) is 0 Å². The Labute approximate surface area is 138 Å². The number of hydrogen-bond acceptors (Lipinski definition) is 7. The summed E-state index contributed by atoms with van der Waals surface area (Å²) in [6.45, 7) is 10.6. The molecule has 140 valence electrons. The zero-order valence-corrected chi connectivity index (χ0v) is 13.2. The smallest absolute Gasteiger partial charge is 0.327 e. The maximum Gasteiger partial charge on any atom is 0.327 e. The van der Waals surface area contributed by atoms with Gasteiger partial charge in [0.25, 0.3) is 0 Å². The third-order valence-corrected chi connectivity index (χ3v) is 1.53. The maximum atomic E-state index is 9.25. The largest absolute Gasteiger partial charge is 0.478 e. The lowest BCUT2D eigenvalue weighted by Crippen LogP contribution is -2.41. The fourth-order valence-corrected chi connectivity index (χ4v) is 0.467. The zero-order chi connectivity index (χ0) is 20.3. The van der Waals surface area contributed by atoms with Crippen molar-refractivity contribution in [2.24, 2.45) is 0 Å². The second-order valence-electron chi connectivity index (χ2n) is 3.62. The molecule has 0 aliphatic rings. The molecular formula is C14H24O10. The summed E-state index contributed by atoms with van der Waals surface area (Å²) in [5.41, 5.74) is 0. The predicted molar refractivity (Wildman–Crippen MR) is 83.8 cm³/mol. The van der Waals surface area contributed by atoms with E-state index in [4.69, 9.17) is 35.7 Å². The zero-order valence-electron chi connectivity index (χ0n) is 13.2. The van der Waals surface area contributed by atoms with Gasteiger partial charge < -0.3 is 35.7 Å². The van der Waals surface area contributed by atoms with E-state index in [9.17, 15) is 14.4 Å². The van der Waals surface area contributed by atoms with Crippen molar-refractivity contribution in [3.63, 3.8) is 0 Å². The third kappa shape index (κ3) is 42.7. The van der Waals surface area contributed by atoms with Crippen LogP contribution in [0.25, 0.3) is 0 Å². The van der Waals surface area contributed by atoms with Crippen LogP contribution in [-0.2, 0) is 14.4 Å². The first kappa shape index (κ1) is 29.5. The fourth-order valence-electron chi connectivity index (χ4n) is 0.467. The molecule has 24 heavy (non-hydrogen) atoms. The summed E-state index contributed by atoms with van der Waals surface area (Å²) in [7, 11) is 0. The van der Waals surface area contributed by atoms with Crippen molar-refractivity contribution in [1.29, 1.82) is 0 Å². The lowest BCUT2D eigenvalue weighted by molar-refractivity contribution is -0.355. The standard InChI is InChI=1S/C5H12O4.3C3H4O2/c1-2-3-4(6)5(7,8)9;3*1-2-3(4)5/h4,6-9H,2-3H2,1H3;3*2H,1H2,(H,4,5). The summed E-state index contributed by atoms with van der Waals surface area (Å²) in [4.78, 5) is 27.8. The van der Waals surface area contributed by atoms with E-state index in [0.29, 0.717) is 6.42 Å². The van der Waals surface area contributed by atoms with Crippen LogP contribution in [0.5, 0.6) is 0 Å². The number of hydrogen-bond donors (Lipinski definition) is 7. The summed E-state index contributed by atoms with van der Waals surface area (Å²) in [5, 5.41) is 56.3. The normalized spacial score (nSPS) is 9.88. The SMILES string of the molecule is C=CC(=O)O.C=CC(=O)O.C=CC(=O)O.CCCC(O)C(O)(O)O. The average molecular weight is 352 g/mol. The van der Waals surface area contributed by atoms with E-state index in [0.717, 1.165) is 18.2 Å². The molecule has 0 spiro atoms. The van der Waals surface area contributed by atoms with Gasteiger partial charge >= 0.3 is 23.9 Å². The van der Waals surface area contributed by atoms with Crippen LogP contribution in [0.4, 0.5) is 0 Å². The molecule has 0 bridgehead atoms. The summed E-state index contributed by atoms with van der Waals surface area (Å²) >= 11 is 0. The topological polar surface area (TPSA) is 193 Å². The van der Waals surface area contributed by atoms with Gasteiger partial charge in [-0.1, -0.05) is 33.1 Å². The van der Waals surface area contributed by atoms with Crippen LogP contribution in [-0.4, -0.2) is 65.7 Å². The lowest BCUT2D eigenvalue weighted by Gasteiger charge is -2.19. The molecule has 0 saturated carbocycles. The van der Waals surface area contributed by atoms with E-state index in [1.54, 1.807) is 6.92 Å². The maximum absolute atomic E-state index is 9.25. The van der Waals surface area contributed by atoms with E-state index < -0.39 is 30.0 Å². The highest BCUT2D eigenvalue weighted by Crippen LogP contribution is 2.07. The van der Waals surface area contributed by atoms with Crippen LogP contribution in [0.15, 0.2) is 38.0 Å². The number of aliphatic carboxylic acids is 3. The van der Waals surface area contributed by atoms with E-state index in [-0.39, 0.29) is 6.42 Å². The van der Waals surface area contributed by atoms with Gasteiger partial charge in [-0.25, -0.2) is 14.4 Å². The van der Waals surface area contributed by atoms with Gasteiger partial charge in [0.2, 0.25) is 0 Å². The van der Waals surface area contributed by atoms with Gasteiger partial charge in [0.15, 0.2) is 0 Å². The Morgan fingerprint density at radius 3 is 1.12 bits per heavy atom. The van der Waals surface area contributed by atoms with Gasteiger partial charge in [-0.15, -0.1) is 0 Å². The van der Waals surface area contributed by atoms with Crippen LogP contribution in [0.2, 0.25) is 0 Å². The molecule has 1 unspecified atom stereocenters. The Kier molecular flexibility index (Phi) is 22.7. The van der Waals surface area contributed by atoms with Gasteiger partial charge in [-0.3, -0.25) is 0 Å². The van der Waals surface area contributed by atoms with Gasteiger partial charge in [-0.05, 0) is 6.42 Å². The average Bonchev–Trinajstić information content (AvgIpc) is 2.48. The first-order chi connectivity index (χ1) is 10.8. The van der Waals surface area contributed by atoms with E-state index in [1.165, 1.54) is 0 Å². The van der Waals surface area contributed by atoms with E-state index in [1.807, 2.05) is 0 Å². The number of carboxylic acid groups (broad SMARTS) is 3. The van der Waals surface area contributed by atoms with Gasteiger partial charge in [-0.2, -0.15) is 0 Å². The minimum absolute atomic E-state index is 0.170. The Balaban J connectivity index is -0.000000116. The second kappa shape index (κ2) is 18.5. The molecule has 1 atom stereocenters. The number of rotatable bonds is 6. The molecule has 0 fully saturated rings. The summed E-state index contributed by atoms with van der Waals surface area (Å²) in [5.74, 6) is -5.88. The molecule has 0 aromatic heterocycles. The summed E-state index contributed by atoms with van der Waals surface area (Å²) in [6, 6.07) is 0. The minimum atomic E-state index is -2.93. The monoisotopic (exact) mass is 352 g/mol. The first-order valence-corrected chi connectivity index (χ1v) is 6.21. The van der Waals surface area contributed by atoms with Crippen molar-refractivity contribution in [2.45, 2.75) is 31.8 Å². The minimum Gasteiger partial charge on any atom is -0.478 e. The highest BCUT2D eigenvalue weighted by atomic mass is 16.7. The number of carboxylic acids is 3. The summed E-state index contributed by atoms with van der Waals surface area (Å²) < 4.78 is 0. The molecule has 0 amide bonds. The quantitative estimate of drug-likeness (QED) is 0.243. The van der Waals surface area contributed by atoms with Crippen molar-refractivity contribution >= 4 is 17.9 Å². The van der Waals surface area contributed by atoms with Crippen molar-refractivity contribution in [3.05, 3.63) is 38.0 Å². The van der Waals surface area contributed by atoms with E-state index >= 15 is 0 Å². The molecule has 0 aliphatic carbocycles. The number of carbonyl (C=O) groups is 3. The molecule has 0 heterocycles. The molecule has 0 aromatic carbocycles. The Bertz CT molecular complexity index is 352. The van der Waals surface area contributed by atoms with Crippen molar-refractivity contribution in [1.82, 2.24) is 0 Å². The van der Waals surface area contributed by atoms with Gasteiger partial charge in [0, 0.05) is 18.2 Å². The lowest BCUT2D eigenvalue weighted by atomic mass is 10.2. The molecule has 0 rings (SSSR count). The molecule has 0 radical (unpaired) electrons. The third-order valence-electron chi connectivity index (χ3n) is 1.53. The molecule has 7 N–H and O–H groups in total. The molecule has 0 aliphatic heterocycles. The molecule has 0 aromatic rings. The Morgan fingerprint density at radius 2 is 1.08 bits per heavy atom. The second-order valence-corrected chi connectivity index (χ2v) is 3.62. The Hall–Kier alpha value is -2.53. The molecular weight excluding hydrogens is 328 g/mol. The van der Waals surface area contributed by atoms with Crippen LogP contribution in [0.1, 0.15) is 19.8 Å². The first-order valence-electron chi connectivity index (χ1n) is 6.21. The number of aliphatic hydroxyl groups is 4. The Morgan fingerprint density at radius 1 is 0.875 bits per heavy atom. The van der Waals surface area contributed by atoms with Crippen LogP contribution in [0.3, 0.4) is 0 Å². The predicted octanol–water partition coefficient (Wildman–Crippen LogP) is -0.451. The van der Waals surface area contributed by atoms with Gasteiger partial charge in [0.1, 0.15) is 6.10 Å². The highest BCUT2D eigenvalue weighted by molar-refractivity contribution is 5.79. The highest BCUT2D eigenvalue weighted by Gasteiger charge is 2.28. The number of aliphatic hydroxyl groups excluding tert-OH is 1. The van der Waals surface area contributed by atoms with Crippen LogP contribution < -0.4 is 0 Å². The molecule has 10 nitrogen and oxygen atoms in total. The fraction of sp³-hybridized carbons (Fsp3) is 0.357. The van der Waals surface area contributed by atoms with Gasteiger partial charge in [0.05, 0.1) is 0 Å². The van der Waals surface area contributed by atoms with E-state index in [2.05, 4.69) is 19.7 Å². The van der Waals surface area contributed by atoms with Crippen LogP contribution in [0, 0.1) is 0 Å². The van der Waals surface area contributed by atoms with Crippen LogP contribution >= 0.6 is 0 Å².